The van der Waals surface area contributed by atoms with Crippen LogP contribution in [0.1, 0.15) is 160 Å². The second-order valence-corrected chi connectivity index (χ2v) is 30.0. The number of carboxylic acids is 1. The molecule has 4 fully saturated rings. The summed E-state index contributed by atoms with van der Waals surface area (Å²) in [6.07, 6.45) is 12.6. The van der Waals surface area contributed by atoms with Crippen LogP contribution in [0.5, 0.6) is 0 Å². The van der Waals surface area contributed by atoms with Crippen molar-refractivity contribution in [2.75, 3.05) is 47.8 Å². The van der Waals surface area contributed by atoms with Crippen LogP contribution in [0.4, 0.5) is 23.3 Å². The van der Waals surface area contributed by atoms with Crippen molar-refractivity contribution < 1.29 is 43.5 Å². The number of H-pyrrole nitrogens is 4. The highest BCUT2D eigenvalue weighted by molar-refractivity contribution is 6.05. The highest BCUT2D eigenvalue weighted by atomic mass is 16.4. The molecular formula is C84H82N24O9. The van der Waals surface area contributed by atoms with Crippen molar-refractivity contribution in [3.05, 3.63) is 286 Å². The first kappa shape index (κ1) is 76.7. The van der Waals surface area contributed by atoms with Crippen LogP contribution >= 0.6 is 0 Å². The Morgan fingerprint density at radius 1 is 0.359 bits per heavy atom. The molecule has 10 N–H and O–H groups in total. The van der Waals surface area contributed by atoms with E-state index in [1.165, 1.54) is 20.3 Å². The number of nitrogens with zero attached hydrogens (tertiary/aromatic N) is 16. The zero-order valence-corrected chi connectivity index (χ0v) is 64.0. The van der Waals surface area contributed by atoms with Gasteiger partial charge in [0.05, 0.1) is 6.04 Å². The topological polar surface area (TPSA) is 450 Å². The summed E-state index contributed by atoms with van der Waals surface area (Å²) in [5.74, 6) is 3.82. The number of likely N-dealkylation sites (N-methyl/N-ethyl adjacent to an activating group) is 4. The minimum Gasteiger partial charge on any atom is -0.475 e. The average molecular weight is 1570 g/mol. The minimum atomic E-state index is -1.12. The molecule has 33 heteroatoms. The first-order chi connectivity index (χ1) is 56.8. The number of nitrogens with one attached hydrogen (secondary N) is 7. The minimum absolute atomic E-state index is 0.0139. The van der Waals surface area contributed by atoms with Gasteiger partial charge < -0.3 is 26.8 Å². The molecule has 12 atom stereocenters. The number of nitrogens with two attached hydrogens (primary N) is 1. The van der Waals surface area contributed by atoms with Crippen molar-refractivity contribution in [1.29, 1.82) is 0 Å². The molecule has 12 aromatic rings. The summed E-state index contributed by atoms with van der Waals surface area (Å²) in [6.45, 7) is 0. The third kappa shape index (κ3) is 16.8. The largest absolute Gasteiger partial charge is 0.475 e. The molecule has 8 aromatic heterocycles. The van der Waals surface area contributed by atoms with E-state index in [9.17, 15) is 38.4 Å². The fourth-order valence-corrected chi connectivity index (χ4v) is 15.9. The molecule has 0 radical (unpaired) electrons. The van der Waals surface area contributed by atoms with Crippen LogP contribution in [-0.2, 0) is 44.9 Å². The van der Waals surface area contributed by atoms with Gasteiger partial charge in [-0.15, -0.1) is 20.4 Å². The number of anilines is 4. The Morgan fingerprint density at radius 3 is 0.880 bits per heavy atom. The molecule has 7 amide bonds. The first-order valence-corrected chi connectivity index (χ1v) is 38.4. The molecule has 0 spiro atoms. The maximum absolute atomic E-state index is 13.0. The number of pyridine rings is 4. The van der Waals surface area contributed by atoms with Gasteiger partial charge in [0.2, 0.25) is 23.4 Å². The maximum Gasteiger partial charge on any atom is 0.375 e. The zero-order chi connectivity index (χ0) is 81.1. The van der Waals surface area contributed by atoms with E-state index in [2.05, 4.69) is 103 Å². The summed E-state index contributed by atoms with van der Waals surface area (Å²) in [6, 6.07) is 52.6. The molecule has 8 aliphatic rings. The van der Waals surface area contributed by atoms with Gasteiger partial charge in [0.15, 0.2) is 0 Å². The summed E-state index contributed by atoms with van der Waals surface area (Å²) in [4.78, 5) is 140. The van der Waals surface area contributed by atoms with E-state index in [1.54, 1.807) is 57.9 Å². The molecule has 20 rings (SSSR count). The van der Waals surface area contributed by atoms with Gasteiger partial charge in [0.1, 0.15) is 64.7 Å². The maximum atomic E-state index is 13.0. The van der Waals surface area contributed by atoms with Crippen LogP contribution < -0.4 is 41.3 Å². The zero-order valence-electron chi connectivity index (χ0n) is 64.0. The standard InChI is InChI=1S/3C21H20N6O2.C11H13N3O.C10H9N3O2/c3*1-27-19-13(8-5-9-22-19)14-11-15(14)17(21(27)29)24-20(28)18-23-16(25-26-18)10-12-6-3-2-4-7-12;1-14-10-6(3-2-4-13-10)7-5-8(7)9(12)11(14)15;14-10(15)9-11-8(12-13-9)6-7-4-2-1-3-5-7/h3*2-9,14-15,17H,10-11H2,1H3,(H,24,28)(H,23,25,26);2-4,7-9H,5,12H2,1H3;1-5H,6H2,(H,14,15)(H,11,12,13)/t3*14-,15-,17-;7-,8-,9-;/m1000./s1. The summed E-state index contributed by atoms with van der Waals surface area (Å²) < 4.78 is 0. The third-order valence-corrected chi connectivity index (χ3v) is 22.3. The monoisotopic (exact) mass is 1570 g/mol. The summed E-state index contributed by atoms with van der Waals surface area (Å²) >= 11 is 0. The molecule has 0 unspecified atom stereocenters. The second-order valence-electron chi connectivity index (χ2n) is 30.0. The smallest absolute Gasteiger partial charge is 0.375 e. The number of aromatic amines is 4. The summed E-state index contributed by atoms with van der Waals surface area (Å²) in [5.41, 5.74) is 14.6. The molecule has 4 aliphatic heterocycles. The molecular weight excluding hydrogens is 1490 g/mol. The van der Waals surface area contributed by atoms with E-state index in [4.69, 9.17) is 10.8 Å². The molecule has 12 heterocycles. The van der Waals surface area contributed by atoms with Crippen LogP contribution in [0.25, 0.3) is 0 Å². The van der Waals surface area contributed by atoms with E-state index in [1.807, 2.05) is 164 Å². The number of rotatable bonds is 15. The number of hydrogen-bond donors (Lipinski definition) is 9. The van der Waals surface area contributed by atoms with Crippen LogP contribution in [-0.4, -0.2) is 185 Å². The van der Waals surface area contributed by atoms with Gasteiger partial charge >= 0.3 is 5.97 Å². The van der Waals surface area contributed by atoms with Crippen LogP contribution in [0.2, 0.25) is 0 Å². The lowest BCUT2D eigenvalue weighted by molar-refractivity contribution is -0.121. The van der Waals surface area contributed by atoms with Crippen LogP contribution in [0.3, 0.4) is 0 Å². The molecule has 4 saturated carbocycles. The number of aromatic nitrogens is 16. The third-order valence-electron chi connectivity index (χ3n) is 22.3. The molecule has 33 nitrogen and oxygen atoms in total. The van der Waals surface area contributed by atoms with Gasteiger partial charge in [0, 0.05) is 78.7 Å². The van der Waals surface area contributed by atoms with Crippen molar-refractivity contribution in [2.24, 2.45) is 29.4 Å². The first-order valence-electron chi connectivity index (χ1n) is 38.4. The van der Waals surface area contributed by atoms with E-state index >= 15 is 0 Å². The SMILES string of the molecule is CN1C(=O)[C@@H](N)[C@H]2C[C@H]2c2cccnc21.CN1C(=O)[C@@H](NC(=O)c2n[nH]c(Cc3ccccc3)n2)[C@H]2C[C@H]2c2cccnc21.CN1C(=O)[C@@H](NC(=O)c2n[nH]c(Cc3ccccc3)n2)[C@H]2C[C@H]2c2cccnc21.CN1C(=O)[C@H](NC(=O)c2n[nH]c(Cc3ccccc3)n2)[C@@H]2C[C@@H]2c2cccnc21.O=C(O)c1n[nH]c(Cc2ccccc2)n1. The molecule has 4 aliphatic carbocycles. The van der Waals surface area contributed by atoms with Gasteiger partial charge in [-0.1, -0.05) is 146 Å². The van der Waals surface area contributed by atoms with Crippen molar-refractivity contribution in [1.82, 2.24) is 96.6 Å². The number of amides is 7. The van der Waals surface area contributed by atoms with Crippen LogP contribution in [0.15, 0.2) is 195 Å². The van der Waals surface area contributed by atoms with Crippen molar-refractivity contribution in [2.45, 2.75) is 99.2 Å². The van der Waals surface area contributed by atoms with Gasteiger partial charge in [-0.25, -0.2) is 44.7 Å². The van der Waals surface area contributed by atoms with Crippen LogP contribution in [0, 0.1) is 23.7 Å². The lowest BCUT2D eigenvalue weighted by Gasteiger charge is -2.22. The molecule has 117 heavy (non-hydrogen) atoms. The molecule has 592 valence electrons. The van der Waals surface area contributed by atoms with E-state index in [0.29, 0.717) is 78.3 Å². The molecule has 4 aromatic carbocycles. The lowest BCUT2D eigenvalue weighted by atomic mass is 10.1. The van der Waals surface area contributed by atoms with Gasteiger partial charge in [-0.05, 0) is 142 Å². The number of carbonyl (C=O) groups is 8. The van der Waals surface area contributed by atoms with E-state index in [0.717, 1.165) is 70.4 Å². The molecule has 0 saturated heterocycles. The van der Waals surface area contributed by atoms with Crippen molar-refractivity contribution in [3.63, 3.8) is 0 Å². The number of benzene rings is 4. The van der Waals surface area contributed by atoms with E-state index < -0.39 is 41.8 Å². The number of aromatic carboxylic acids is 1. The summed E-state index contributed by atoms with van der Waals surface area (Å²) in [7, 11) is 6.84. The van der Waals surface area contributed by atoms with Gasteiger partial charge in [0.25, 0.3) is 41.3 Å². The molecule has 0 bridgehead atoms. The highest BCUT2D eigenvalue weighted by Gasteiger charge is 2.56. The predicted molar refractivity (Wildman–Crippen MR) is 425 cm³/mol. The Labute approximate surface area is 669 Å². The van der Waals surface area contributed by atoms with E-state index in [-0.39, 0.29) is 88.5 Å². The Kier molecular flexibility index (Phi) is 21.7. The number of hydrogen-bond acceptors (Lipinski definition) is 21. The fourth-order valence-electron chi connectivity index (χ4n) is 15.9. The number of carbonyl (C=O) groups excluding carboxylic acids is 7. The lowest BCUT2D eigenvalue weighted by Crippen LogP contribution is -2.48. The second kappa shape index (κ2) is 33.1. The Morgan fingerprint density at radius 2 is 0.607 bits per heavy atom. The van der Waals surface area contributed by atoms with Crippen molar-refractivity contribution in [3.8, 4) is 0 Å². The Balaban J connectivity index is 0.000000112. The Bertz CT molecular complexity index is 5280. The Hall–Kier alpha value is -14.2. The normalized spacial score (nSPS) is 22.2. The highest BCUT2D eigenvalue weighted by Crippen LogP contribution is 2.57. The summed E-state index contributed by atoms with van der Waals surface area (Å²) in [5, 5.41) is 43.9. The van der Waals surface area contributed by atoms with Gasteiger partial charge in [-0.2, -0.15) is 0 Å². The number of carboxylic acid groups (broad SMARTS) is 1. The van der Waals surface area contributed by atoms with Gasteiger partial charge in [-0.3, -0.25) is 73.6 Å². The number of fused-ring (bicyclic) bond motifs is 12. The fraction of sp³-hybridized carbons (Fsp3) is 0.286. The predicted octanol–water partition coefficient (Wildman–Crippen LogP) is 6.59. The van der Waals surface area contributed by atoms with Crippen molar-refractivity contribution >= 4 is 70.6 Å². The quantitative estimate of drug-likeness (QED) is 0.0522. The average Bonchev–Trinajstić information content (AvgIpc) is 1.61.